The Labute approximate surface area is 104 Å². The largest absolute Gasteiger partial charge is 0.300 e. The summed E-state index contributed by atoms with van der Waals surface area (Å²) >= 11 is 0. The number of aromatic nitrogens is 2. The van der Waals surface area contributed by atoms with Crippen LogP contribution >= 0.6 is 0 Å². The first-order chi connectivity index (χ1) is 8.06. The lowest BCUT2D eigenvalue weighted by atomic mass is 9.96. The average Bonchev–Trinajstić information content (AvgIpc) is 2.28. The zero-order chi connectivity index (χ0) is 12.4. The molecule has 0 aliphatic carbocycles. The summed E-state index contributed by atoms with van der Waals surface area (Å²) in [5, 5.41) is 0. The topological polar surface area (TPSA) is 29.0 Å². The summed E-state index contributed by atoms with van der Waals surface area (Å²) in [6.45, 7) is 11.0. The fraction of sp³-hybridized carbons (Fsp3) is 0.714. The average molecular weight is 233 g/mol. The summed E-state index contributed by atoms with van der Waals surface area (Å²) < 4.78 is 0. The lowest BCUT2D eigenvalue weighted by molar-refractivity contribution is 0.164. The van der Waals surface area contributed by atoms with Crippen molar-refractivity contribution in [3.63, 3.8) is 0 Å². The van der Waals surface area contributed by atoms with Crippen molar-refractivity contribution >= 4 is 0 Å². The third-order valence-corrected chi connectivity index (χ3v) is 3.55. The molecule has 0 N–H and O–H groups in total. The molecular weight excluding hydrogens is 210 g/mol. The number of nitrogens with zero attached hydrogens (tertiary/aromatic N) is 3. The molecule has 17 heavy (non-hydrogen) atoms. The van der Waals surface area contributed by atoms with Crippen LogP contribution in [0, 0.1) is 13.8 Å². The van der Waals surface area contributed by atoms with Gasteiger partial charge >= 0.3 is 0 Å². The van der Waals surface area contributed by atoms with Crippen LogP contribution in [-0.4, -0.2) is 34.0 Å². The van der Waals surface area contributed by atoms with Crippen LogP contribution in [0.3, 0.4) is 0 Å². The normalized spacial score (nSPS) is 22.1. The van der Waals surface area contributed by atoms with Crippen LogP contribution in [0.25, 0.3) is 0 Å². The van der Waals surface area contributed by atoms with Gasteiger partial charge in [0.2, 0.25) is 0 Å². The van der Waals surface area contributed by atoms with Gasteiger partial charge in [-0.15, -0.1) is 0 Å². The molecule has 3 heteroatoms. The smallest absolute Gasteiger partial charge is 0.133 e. The summed E-state index contributed by atoms with van der Waals surface area (Å²) in [5.74, 6) is 1.57. The van der Waals surface area contributed by atoms with Gasteiger partial charge in [0, 0.05) is 29.9 Å². The number of rotatable bonds is 2. The molecule has 94 valence electrons. The Balaban J connectivity index is 2.16. The van der Waals surface area contributed by atoms with Gasteiger partial charge in [-0.25, -0.2) is 9.97 Å². The molecule has 1 aliphatic heterocycles. The number of hydrogen-bond acceptors (Lipinski definition) is 3. The maximum Gasteiger partial charge on any atom is 0.133 e. The van der Waals surface area contributed by atoms with Crippen LogP contribution in [0.5, 0.6) is 0 Å². The van der Waals surface area contributed by atoms with E-state index in [9.17, 15) is 0 Å². The fourth-order valence-electron chi connectivity index (χ4n) is 2.62. The van der Waals surface area contributed by atoms with Gasteiger partial charge in [-0.05, 0) is 53.1 Å². The molecular formula is C14H23N3. The zero-order valence-electron chi connectivity index (χ0n) is 11.4. The highest BCUT2D eigenvalue weighted by Crippen LogP contribution is 2.25. The molecule has 1 aromatic heterocycles. The van der Waals surface area contributed by atoms with Crippen molar-refractivity contribution in [2.24, 2.45) is 0 Å². The van der Waals surface area contributed by atoms with Gasteiger partial charge in [0.05, 0.1) is 0 Å². The van der Waals surface area contributed by atoms with E-state index in [1.807, 2.05) is 6.07 Å². The summed E-state index contributed by atoms with van der Waals surface area (Å²) in [5.41, 5.74) is 2.18. The van der Waals surface area contributed by atoms with Crippen molar-refractivity contribution in [2.75, 3.05) is 13.1 Å². The van der Waals surface area contributed by atoms with Crippen molar-refractivity contribution in [1.82, 2.24) is 14.9 Å². The molecule has 1 atom stereocenters. The Morgan fingerprint density at radius 1 is 1.24 bits per heavy atom. The van der Waals surface area contributed by atoms with E-state index in [0.29, 0.717) is 12.0 Å². The summed E-state index contributed by atoms with van der Waals surface area (Å²) in [7, 11) is 0. The molecule has 1 aromatic rings. The summed E-state index contributed by atoms with van der Waals surface area (Å²) in [4.78, 5) is 11.8. The first-order valence-corrected chi connectivity index (χ1v) is 6.62. The van der Waals surface area contributed by atoms with Gasteiger partial charge in [0.25, 0.3) is 0 Å². The van der Waals surface area contributed by atoms with E-state index in [4.69, 9.17) is 0 Å². The SMILES string of the molecule is Cc1cc(C)nc([C@H]2CCCN(C(C)C)C2)n1. The maximum atomic E-state index is 4.61. The predicted molar refractivity (Wildman–Crippen MR) is 70.2 cm³/mol. The van der Waals surface area contributed by atoms with Crippen molar-refractivity contribution in [2.45, 2.75) is 52.5 Å². The molecule has 1 saturated heterocycles. The minimum atomic E-state index is 0.518. The fourth-order valence-corrected chi connectivity index (χ4v) is 2.62. The van der Waals surface area contributed by atoms with Crippen LogP contribution in [-0.2, 0) is 0 Å². The summed E-state index contributed by atoms with van der Waals surface area (Å²) in [6, 6.07) is 2.68. The van der Waals surface area contributed by atoms with E-state index < -0.39 is 0 Å². The standard InChI is InChI=1S/C14H23N3/c1-10(2)17-7-5-6-13(9-17)14-15-11(3)8-12(4)16-14/h8,10,13H,5-7,9H2,1-4H3/t13-/m0/s1. The first kappa shape index (κ1) is 12.5. The second kappa shape index (κ2) is 5.13. The van der Waals surface area contributed by atoms with Crippen LogP contribution in [0.1, 0.15) is 49.8 Å². The van der Waals surface area contributed by atoms with Crippen LogP contribution in [0.15, 0.2) is 6.07 Å². The second-order valence-corrected chi connectivity index (χ2v) is 5.44. The zero-order valence-corrected chi connectivity index (χ0v) is 11.4. The first-order valence-electron chi connectivity index (χ1n) is 6.62. The minimum absolute atomic E-state index is 0.518. The van der Waals surface area contributed by atoms with Crippen LogP contribution < -0.4 is 0 Å². The van der Waals surface area contributed by atoms with Gasteiger partial charge in [-0.3, -0.25) is 0 Å². The van der Waals surface area contributed by atoms with E-state index in [2.05, 4.69) is 42.6 Å². The van der Waals surface area contributed by atoms with E-state index in [-0.39, 0.29) is 0 Å². The molecule has 0 saturated carbocycles. The van der Waals surface area contributed by atoms with Gasteiger partial charge in [0.15, 0.2) is 0 Å². The molecule has 0 amide bonds. The molecule has 0 radical (unpaired) electrons. The highest BCUT2D eigenvalue weighted by molar-refractivity contribution is 5.11. The van der Waals surface area contributed by atoms with E-state index in [1.165, 1.54) is 19.4 Å². The maximum absolute atomic E-state index is 4.61. The highest BCUT2D eigenvalue weighted by atomic mass is 15.2. The molecule has 1 fully saturated rings. The molecule has 0 aromatic carbocycles. The number of piperidine rings is 1. The van der Waals surface area contributed by atoms with Crippen molar-refractivity contribution in [1.29, 1.82) is 0 Å². The molecule has 2 rings (SSSR count). The third kappa shape index (κ3) is 3.03. The van der Waals surface area contributed by atoms with E-state index in [1.54, 1.807) is 0 Å². The van der Waals surface area contributed by atoms with Gasteiger partial charge < -0.3 is 4.90 Å². The highest BCUT2D eigenvalue weighted by Gasteiger charge is 2.24. The Bertz CT molecular complexity index is 367. The lowest BCUT2D eigenvalue weighted by Gasteiger charge is -2.34. The molecule has 0 bridgehead atoms. The Kier molecular flexibility index (Phi) is 3.77. The quantitative estimate of drug-likeness (QED) is 0.786. The molecule has 2 heterocycles. The predicted octanol–water partition coefficient (Wildman–Crippen LogP) is 2.68. The van der Waals surface area contributed by atoms with Gasteiger partial charge in [-0.1, -0.05) is 0 Å². The van der Waals surface area contributed by atoms with Crippen LogP contribution in [0.4, 0.5) is 0 Å². The third-order valence-electron chi connectivity index (χ3n) is 3.55. The van der Waals surface area contributed by atoms with E-state index in [0.717, 1.165) is 23.8 Å². The Hall–Kier alpha value is -0.960. The molecule has 0 spiro atoms. The number of hydrogen-bond donors (Lipinski definition) is 0. The van der Waals surface area contributed by atoms with E-state index >= 15 is 0 Å². The second-order valence-electron chi connectivity index (χ2n) is 5.44. The molecule has 0 unspecified atom stereocenters. The lowest BCUT2D eigenvalue weighted by Crippen LogP contribution is -2.39. The minimum Gasteiger partial charge on any atom is -0.300 e. The van der Waals surface area contributed by atoms with Crippen LogP contribution in [0.2, 0.25) is 0 Å². The monoisotopic (exact) mass is 233 g/mol. The Morgan fingerprint density at radius 2 is 1.88 bits per heavy atom. The summed E-state index contributed by atoms with van der Waals surface area (Å²) in [6.07, 6.45) is 2.49. The molecule has 1 aliphatic rings. The molecule has 3 nitrogen and oxygen atoms in total. The van der Waals surface area contributed by atoms with Crippen molar-refractivity contribution in [3.05, 3.63) is 23.3 Å². The number of aryl methyl sites for hydroxylation is 2. The van der Waals surface area contributed by atoms with Gasteiger partial charge in [-0.2, -0.15) is 0 Å². The van der Waals surface area contributed by atoms with Crippen molar-refractivity contribution < 1.29 is 0 Å². The van der Waals surface area contributed by atoms with Crippen molar-refractivity contribution in [3.8, 4) is 0 Å². The number of likely N-dealkylation sites (tertiary alicyclic amines) is 1. The Morgan fingerprint density at radius 3 is 2.47 bits per heavy atom. The van der Waals surface area contributed by atoms with Gasteiger partial charge in [0.1, 0.15) is 5.82 Å².